The number of carbonyl (C=O) groups excluding carboxylic acids is 1. The molecule has 2 aromatic carbocycles. The van der Waals surface area contributed by atoms with E-state index < -0.39 is 10.0 Å². The molecule has 0 aliphatic carbocycles. The van der Waals surface area contributed by atoms with Gasteiger partial charge < -0.3 is 10.1 Å². The summed E-state index contributed by atoms with van der Waals surface area (Å²) in [5, 5.41) is 2.99. The zero-order valence-corrected chi connectivity index (χ0v) is 21.2. The fourth-order valence-corrected chi connectivity index (χ4v) is 5.63. The lowest BCUT2D eigenvalue weighted by Gasteiger charge is -2.22. The predicted octanol–water partition coefficient (Wildman–Crippen LogP) is 5.05. The molecule has 1 N–H and O–H groups in total. The molecule has 1 amide bonds. The minimum absolute atomic E-state index is 0.0533. The Morgan fingerprint density at radius 3 is 2.15 bits per heavy atom. The summed E-state index contributed by atoms with van der Waals surface area (Å²) in [4.78, 5) is 13.3. The van der Waals surface area contributed by atoms with Crippen LogP contribution in [0.25, 0.3) is 0 Å². The van der Waals surface area contributed by atoms with Gasteiger partial charge in [0.05, 0.1) is 23.6 Å². The Bertz CT molecular complexity index is 1060. The number of methoxy groups -OCH3 is 1. The Morgan fingerprint density at radius 1 is 1.00 bits per heavy atom. The maximum absolute atomic E-state index is 13.2. The number of carbonyl (C=O) groups is 1. The Labute approximate surface area is 198 Å². The van der Waals surface area contributed by atoms with Gasteiger partial charge in [-0.2, -0.15) is 4.31 Å². The Morgan fingerprint density at radius 2 is 1.61 bits per heavy atom. The van der Waals surface area contributed by atoms with E-state index in [2.05, 4.69) is 38.2 Å². The van der Waals surface area contributed by atoms with Crippen molar-refractivity contribution < 1.29 is 17.9 Å². The van der Waals surface area contributed by atoms with Crippen LogP contribution in [-0.2, 0) is 15.4 Å². The first kappa shape index (κ1) is 25.2. The van der Waals surface area contributed by atoms with E-state index in [9.17, 15) is 13.2 Å². The fraction of sp³-hybridized carbons (Fsp3) is 0.500. The molecule has 7 heteroatoms. The molecule has 1 aliphatic heterocycles. The first-order valence-electron chi connectivity index (χ1n) is 11.6. The van der Waals surface area contributed by atoms with Crippen molar-refractivity contribution in [3.63, 3.8) is 0 Å². The first-order chi connectivity index (χ1) is 15.5. The van der Waals surface area contributed by atoms with Crippen LogP contribution in [0.2, 0.25) is 0 Å². The van der Waals surface area contributed by atoms with Gasteiger partial charge in [-0.1, -0.05) is 57.9 Å². The number of benzene rings is 2. The van der Waals surface area contributed by atoms with E-state index in [0.29, 0.717) is 18.8 Å². The molecule has 2 aromatic rings. The van der Waals surface area contributed by atoms with E-state index in [1.807, 2.05) is 19.1 Å². The van der Waals surface area contributed by atoms with Gasteiger partial charge in [0.15, 0.2) is 0 Å². The lowest BCUT2D eigenvalue weighted by molar-refractivity contribution is 0.0936. The van der Waals surface area contributed by atoms with Crippen LogP contribution in [0.4, 0.5) is 0 Å². The second-order valence-corrected chi connectivity index (χ2v) is 11.7. The molecule has 0 unspecified atom stereocenters. The van der Waals surface area contributed by atoms with Crippen LogP contribution in [-0.4, -0.2) is 38.8 Å². The lowest BCUT2D eigenvalue weighted by atomic mass is 9.86. The van der Waals surface area contributed by atoms with Crippen LogP contribution in [0.1, 0.15) is 80.9 Å². The van der Waals surface area contributed by atoms with Crippen LogP contribution in [0, 0.1) is 0 Å². The van der Waals surface area contributed by atoms with Crippen molar-refractivity contribution in [3.05, 3.63) is 59.2 Å². The molecule has 1 atom stereocenters. The maximum Gasteiger partial charge on any atom is 0.255 e. The molecule has 1 fully saturated rings. The van der Waals surface area contributed by atoms with Crippen molar-refractivity contribution in [1.29, 1.82) is 0 Å². The number of sulfonamides is 1. The van der Waals surface area contributed by atoms with E-state index in [-0.39, 0.29) is 27.8 Å². The van der Waals surface area contributed by atoms with Crippen LogP contribution in [0.5, 0.6) is 5.75 Å². The fourth-order valence-electron chi connectivity index (χ4n) is 4.09. The Kier molecular flexibility index (Phi) is 7.85. The van der Waals surface area contributed by atoms with Gasteiger partial charge in [0.1, 0.15) is 5.75 Å². The highest BCUT2D eigenvalue weighted by molar-refractivity contribution is 7.89. The highest BCUT2D eigenvalue weighted by Crippen LogP contribution is 2.28. The van der Waals surface area contributed by atoms with Gasteiger partial charge in [-0.3, -0.25) is 4.79 Å². The van der Waals surface area contributed by atoms with Gasteiger partial charge in [-0.05, 0) is 54.5 Å². The molecule has 0 bridgehead atoms. The number of ether oxygens (including phenoxy) is 1. The molecule has 180 valence electrons. The molecule has 33 heavy (non-hydrogen) atoms. The zero-order chi connectivity index (χ0) is 24.2. The average molecular weight is 473 g/mol. The average Bonchev–Trinajstić information content (AvgIpc) is 3.08. The predicted molar refractivity (Wildman–Crippen MR) is 131 cm³/mol. The van der Waals surface area contributed by atoms with Gasteiger partial charge in [-0.25, -0.2) is 8.42 Å². The second-order valence-electron chi connectivity index (χ2n) is 9.75. The van der Waals surface area contributed by atoms with Gasteiger partial charge >= 0.3 is 0 Å². The second kappa shape index (κ2) is 10.3. The summed E-state index contributed by atoms with van der Waals surface area (Å²) in [6, 6.07) is 12.4. The minimum atomic E-state index is -3.67. The van der Waals surface area contributed by atoms with Crippen molar-refractivity contribution in [2.24, 2.45) is 0 Å². The Hall–Kier alpha value is -2.38. The summed E-state index contributed by atoms with van der Waals surface area (Å²) in [5.74, 6) is -0.0234. The van der Waals surface area contributed by atoms with Gasteiger partial charge in [0, 0.05) is 13.1 Å². The van der Waals surface area contributed by atoms with Gasteiger partial charge in [0.2, 0.25) is 10.0 Å². The molecule has 1 heterocycles. The number of hydrogen-bond acceptors (Lipinski definition) is 4. The molecule has 0 saturated carbocycles. The normalized spacial score (nSPS) is 16.6. The summed E-state index contributed by atoms with van der Waals surface area (Å²) in [6.45, 7) is 9.41. The molecule has 6 nitrogen and oxygen atoms in total. The Balaban J connectivity index is 1.83. The van der Waals surface area contributed by atoms with Crippen molar-refractivity contribution in [2.75, 3.05) is 20.2 Å². The minimum Gasteiger partial charge on any atom is -0.496 e. The largest absolute Gasteiger partial charge is 0.496 e. The number of rotatable bonds is 6. The SMILES string of the molecule is COc1ccc(S(=O)(=O)N2CCCCCC2)cc1C(=O)N[C@H](C)c1ccc(C(C)(C)C)cc1. The third-order valence-corrected chi connectivity index (χ3v) is 8.14. The zero-order valence-electron chi connectivity index (χ0n) is 20.3. The number of nitrogens with one attached hydrogen (secondary N) is 1. The standard InChI is InChI=1S/C26H36N2O4S/c1-19(20-10-12-21(13-11-20)26(2,3)4)27-25(29)23-18-22(14-15-24(23)32-5)33(30,31)28-16-8-6-7-9-17-28/h10-15,18-19H,6-9,16-17H2,1-5H3,(H,27,29)/t19-/m1/s1. The van der Waals surface area contributed by atoms with E-state index in [1.54, 1.807) is 6.07 Å². The summed E-state index contributed by atoms with van der Waals surface area (Å²) >= 11 is 0. The first-order valence-corrected chi connectivity index (χ1v) is 13.1. The highest BCUT2D eigenvalue weighted by Gasteiger charge is 2.27. The van der Waals surface area contributed by atoms with Crippen molar-refractivity contribution >= 4 is 15.9 Å². The quantitative estimate of drug-likeness (QED) is 0.638. The molecule has 0 spiro atoms. The van der Waals surface area contributed by atoms with Crippen LogP contribution in [0.3, 0.4) is 0 Å². The number of amides is 1. The smallest absolute Gasteiger partial charge is 0.255 e. The highest BCUT2D eigenvalue weighted by atomic mass is 32.2. The van der Waals surface area contributed by atoms with Crippen LogP contribution in [0.15, 0.2) is 47.4 Å². The third-order valence-electron chi connectivity index (χ3n) is 6.24. The monoisotopic (exact) mass is 472 g/mol. The molecule has 1 aliphatic rings. The molecular formula is C26H36N2O4S. The van der Waals surface area contributed by atoms with Crippen molar-refractivity contribution in [1.82, 2.24) is 9.62 Å². The maximum atomic E-state index is 13.2. The lowest BCUT2D eigenvalue weighted by Crippen LogP contribution is -2.32. The van der Waals surface area contributed by atoms with Gasteiger partial charge in [-0.15, -0.1) is 0 Å². The summed E-state index contributed by atoms with van der Waals surface area (Å²) < 4.78 is 33.4. The van der Waals surface area contributed by atoms with E-state index in [1.165, 1.54) is 29.1 Å². The molecule has 0 radical (unpaired) electrons. The van der Waals surface area contributed by atoms with Crippen LogP contribution >= 0.6 is 0 Å². The molecule has 1 saturated heterocycles. The third kappa shape index (κ3) is 5.95. The van der Waals surface area contributed by atoms with E-state index >= 15 is 0 Å². The van der Waals surface area contributed by atoms with Crippen molar-refractivity contribution in [2.45, 2.75) is 69.7 Å². The van der Waals surface area contributed by atoms with E-state index in [0.717, 1.165) is 31.2 Å². The number of hydrogen-bond donors (Lipinski definition) is 1. The summed E-state index contributed by atoms with van der Waals surface area (Å²) in [6.07, 6.45) is 3.79. The summed E-state index contributed by atoms with van der Waals surface area (Å²) in [5.41, 5.74) is 2.46. The summed E-state index contributed by atoms with van der Waals surface area (Å²) in [7, 11) is -2.19. The van der Waals surface area contributed by atoms with Crippen molar-refractivity contribution in [3.8, 4) is 5.75 Å². The van der Waals surface area contributed by atoms with Crippen LogP contribution < -0.4 is 10.1 Å². The molecular weight excluding hydrogens is 436 g/mol. The number of nitrogens with zero attached hydrogens (tertiary/aromatic N) is 1. The van der Waals surface area contributed by atoms with Gasteiger partial charge in [0.25, 0.3) is 5.91 Å². The molecule has 0 aromatic heterocycles. The molecule has 3 rings (SSSR count). The topological polar surface area (TPSA) is 75.7 Å². The van der Waals surface area contributed by atoms with E-state index in [4.69, 9.17) is 4.74 Å².